The molecule has 1 aromatic rings. The fraction of sp³-hybridized carbons (Fsp3) is 0.100. The maximum atomic E-state index is 4.15. The Morgan fingerprint density at radius 3 is 2.83 bits per heavy atom. The first-order valence-electron chi connectivity index (χ1n) is 3.78. The van der Waals surface area contributed by atoms with E-state index in [9.17, 15) is 0 Å². The maximum Gasteiger partial charge on any atom is 0.0575 e. The van der Waals surface area contributed by atoms with E-state index in [0.717, 1.165) is 16.6 Å². The summed E-state index contributed by atoms with van der Waals surface area (Å²) >= 11 is 0. The van der Waals surface area contributed by atoms with E-state index in [0.29, 0.717) is 0 Å². The molecule has 0 saturated carbocycles. The molecule has 0 aliphatic carbocycles. The number of allylic oxidation sites excluding steroid dienone is 1. The molecule has 1 rings (SSSR count). The van der Waals surface area contributed by atoms with E-state index in [1.165, 1.54) is 0 Å². The number of hydrogen-bond acceptors (Lipinski definition) is 1. The summed E-state index contributed by atoms with van der Waals surface area (Å²) in [7, 11) is 2.58. The Hall–Kier alpha value is -0.940. The van der Waals surface area contributed by atoms with Crippen LogP contribution in [-0.4, -0.2) is 4.98 Å². The lowest BCUT2D eigenvalue weighted by molar-refractivity contribution is 1.37. The molecule has 1 aromatic heterocycles. The molecule has 1 nitrogen and oxygen atoms in total. The Morgan fingerprint density at radius 1 is 1.50 bits per heavy atom. The number of hydrogen-bond donors (Lipinski definition) is 0. The van der Waals surface area contributed by atoms with Crippen molar-refractivity contribution in [2.45, 2.75) is 6.92 Å². The monoisotopic (exact) mass is 177 g/mol. The molecule has 0 spiro atoms. The molecule has 0 aliphatic heterocycles. The summed E-state index contributed by atoms with van der Waals surface area (Å²) < 4.78 is 0. The van der Waals surface area contributed by atoms with Gasteiger partial charge in [-0.15, -0.1) is 0 Å². The van der Waals surface area contributed by atoms with Crippen LogP contribution < -0.4 is 5.44 Å². The third-order valence-electron chi connectivity index (χ3n) is 1.56. The molecule has 0 radical (unpaired) electrons. The van der Waals surface area contributed by atoms with Crippen molar-refractivity contribution in [1.82, 2.24) is 4.98 Å². The smallest absolute Gasteiger partial charge is 0.0575 e. The van der Waals surface area contributed by atoms with Crippen molar-refractivity contribution in [2.24, 2.45) is 0 Å². The standard InChI is InChI=1S/C10H12NP/c1-3-5-9-6-10(12)11-7-8(9)4-2/h3-7H,2,12H2,1H3/b5-3-. The van der Waals surface area contributed by atoms with Crippen LogP contribution in [0.4, 0.5) is 0 Å². The Morgan fingerprint density at radius 2 is 2.25 bits per heavy atom. The molecule has 0 N–H and O–H groups in total. The van der Waals surface area contributed by atoms with Crippen LogP contribution in [0.5, 0.6) is 0 Å². The molecule has 1 heterocycles. The van der Waals surface area contributed by atoms with Gasteiger partial charge in [0.2, 0.25) is 0 Å². The van der Waals surface area contributed by atoms with E-state index in [-0.39, 0.29) is 0 Å². The van der Waals surface area contributed by atoms with Crippen LogP contribution in [0.3, 0.4) is 0 Å². The predicted octanol–water partition coefficient (Wildman–Crippen LogP) is 2.26. The van der Waals surface area contributed by atoms with Gasteiger partial charge in [-0.2, -0.15) is 0 Å². The zero-order chi connectivity index (χ0) is 8.97. The molecule has 0 fully saturated rings. The molecule has 1 atom stereocenters. The van der Waals surface area contributed by atoms with Gasteiger partial charge in [-0.1, -0.05) is 34.0 Å². The molecule has 62 valence electrons. The summed E-state index contributed by atoms with van der Waals surface area (Å²) in [5, 5.41) is 0. The molecular formula is C10H12NP. The molecule has 0 aromatic carbocycles. The van der Waals surface area contributed by atoms with Crippen LogP contribution >= 0.6 is 9.24 Å². The first-order chi connectivity index (χ1) is 5.77. The summed E-state index contributed by atoms with van der Waals surface area (Å²) in [5.41, 5.74) is 3.18. The fourth-order valence-corrected chi connectivity index (χ4v) is 1.25. The average molecular weight is 177 g/mol. The zero-order valence-electron chi connectivity index (χ0n) is 7.12. The van der Waals surface area contributed by atoms with Crippen LogP contribution in [0.25, 0.3) is 12.2 Å². The minimum atomic E-state index is 0.953. The van der Waals surface area contributed by atoms with E-state index in [1.54, 1.807) is 0 Å². The first-order valence-corrected chi connectivity index (χ1v) is 4.36. The van der Waals surface area contributed by atoms with Gasteiger partial charge in [0.25, 0.3) is 0 Å². The highest BCUT2D eigenvalue weighted by Gasteiger charge is 1.95. The van der Waals surface area contributed by atoms with Gasteiger partial charge in [0.15, 0.2) is 0 Å². The number of rotatable bonds is 2. The van der Waals surface area contributed by atoms with Crippen LogP contribution in [0.15, 0.2) is 24.9 Å². The van der Waals surface area contributed by atoms with Gasteiger partial charge in [-0.05, 0) is 24.1 Å². The van der Waals surface area contributed by atoms with E-state index in [1.807, 2.05) is 37.4 Å². The summed E-state index contributed by atoms with van der Waals surface area (Å²) in [6, 6.07) is 2.02. The molecule has 2 heteroatoms. The summed E-state index contributed by atoms with van der Waals surface area (Å²) in [6.45, 7) is 5.72. The quantitative estimate of drug-likeness (QED) is 0.631. The fourth-order valence-electron chi connectivity index (χ4n) is 0.993. The normalized spacial score (nSPS) is 10.5. The average Bonchev–Trinajstić information content (AvgIpc) is 2.05. The molecular weight excluding hydrogens is 165 g/mol. The lowest BCUT2D eigenvalue weighted by atomic mass is 10.1. The zero-order valence-corrected chi connectivity index (χ0v) is 8.27. The first kappa shape index (κ1) is 9.15. The van der Waals surface area contributed by atoms with Gasteiger partial charge in [0, 0.05) is 6.20 Å². The van der Waals surface area contributed by atoms with Crippen LogP contribution in [0.2, 0.25) is 0 Å². The third kappa shape index (κ3) is 2.02. The molecule has 0 amide bonds. The topological polar surface area (TPSA) is 12.9 Å². The van der Waals surface area contributed by atoms with Gasteiger partial charge in [-0.3, -0.25) is 4.98 Å². The Balaban J connectivity index is 3.20. The second-order valence-electron chi connectivity index (χ2n) is 2.44. The van der Waals surface area contributed by atoms with Crippen molar-refractivity contribution in [3.63, 3.8) is 0 Å². The van der Waals surface area contributed by atoms with Crippen molar-refractivity contribution in [1.29, 1.82) is 0 Å². The second kappa shape index (κ2) is 4.18. The largest absolute Gasteiger partial charge is 0.256 e. The summed E-state index contributed by atoms with van der Waals surface area (Å²) in [4.78, 5) is 4.15. The van der Waals surface area contributed by atoms with Crippen molar-refractivity contribution in [3.05, 3.63) is 36.0 Å². The van der Waals surface area contributed by atoms with Crippen LogP contribution in [-0.2, 0) is 0 Å². The molecule has 12 heavy (non-hydrogen) atoms. The van der Waals surface area contributed by atoms with Crippen molar-refractivity contribution < 1.29 is 0 Å². The lowest BCUT2D eigenvalue weighted by Gasteiger charge is -2.00. The van der Waals surface area contributed by atoms with Crippen molar-refractivity contribution >= 4 is 26.8 Å². The SMILES string of the molecule is C=Cc1cnc(P)cc1/C=C\C. The number of aromatic nitrogens is 1. The second-order valence-corrected chi connectivity index (χ2v) is 3.03. The van der Waals surface area contributed by atoms with Crippen molar-refractivity contribution in [2.75, 3.05) is 0 Å². The lowest BCUT2D eigenvalue weighted by Crippen LogP contribution is -1.98. The Bertz CT molecular complexity index is 316. The van der Waals surface area contributed by atoms with Gasteiger partial charge in [0.05, 0.1) is 5.44 Å². The van der Waals surface area contributed by atoms with Gasteiger partial charge in [0.1, 0.15) is 0 Å². The molecule has 0 aliphatic rings. The number of pyridine rings is 1. The highest BCUT2D eigenvalue weighted by atomic mass is 31.0. The summed E-state index contributed by atoms with van der Waals surface area (Å²) in [6.07, 6.45) is 7.69. The van der Waals surface area contributed by atoms with Gasteiger partial charge >= 0.3 is 0 Å². The molecule has 0 saturated heterocycles. The van der Waals surface area contributed by atoms with E-state index >= 15 is 0 Å². The van der Waals surface area contributed by atoms with Gasteiger partial charge in [-0.25, -0.2) is 0 Å². The summed E-state index contributed by atoms with van der Waals surface area (Å²) in [5.74, 6) is 0. The molecule has 0 bridgehead atoms. The number of nitrogens with zero attached hydrogens (tertiary/aromatic N) is 1. The van der Waals surface area contributed by atoms with Crippen molar-refractivity contribution in [3.8, 4) is 0 Å². The van der Waals surface area contributed by atoms with E-state index in [4.69, 9.17) is 0 Å². The minimum absolute atomic E-state index is 0.953. The highest BCUT2D eigenvalue weighted by molar-refractivity contribution is 7.26. The third-order valence-corrected chi connectivity index (χ3v) is 1.87. The van der Waals surface area contributed by atoms with Crippen LogP contribution in [0, 0.1) is 0 Å². The highest BCUT2D eigenvalue weighted by Crippen LogP contribution is 2.09. The van der Waals surface area contributed by atoms with Crippen LogP contribution in [0.1, 0.15) is 18.1 Å². The van der Waals surface area contributed by atoms with Gasteiger partial charge < -0.3 is 0 Å². The molecule has 1 unspecified atom stereocenters. The van der Waals surface area contributed by atoms with E-state index < -0.39 is 0 Å². The Labute approximate surface area is 75.4 Å². The minimum Gasteiger partial charge on any atom is -0.256 e. The predicted molar refractivity (Wildman–Crippen MR) is 58.4 cm³/mol. The Kier molecular flexibility index (Phi) is 3.19. The maximum absolute atomic E-state index is 4.15. The van der Waals surface area contributed by atoms with E-state index in [2.05, 4.69) is 20.8 Å².